The van der Waals surface area contributed by atoms with E-state index in [0.29, 0.717) is 23.3 Å². The van der Waals surface area contributed by atoms with E-state index in [9.17, 15) is 4.79 Å². The number of aromatic nitrogens is 1. The summed E-state index contributed by atoms with van der Waals surface area (Å²) in [4.78, 5) is 15.8. The molecule has 4 nitrogen and oxygen atoms in total. The van der Waals surface area contributed by atoms with Gasteiger partial charge in [-0.15, -0.1) is 17.7 Å². The molecule has 243 valence electrons. The van der Waals surface area contributed by atoms with Crippen LogP contribution in [0.4, 0.5) is 0 Å². The Hall–Kier alpha value is -3.79. The summed E-state index contributed by atoms with van der Waals surface area (Å²) in [5.41, 5.74) is 8.43. The molecule has 2 saturated carbocycles. The number of rotatable bonds is 5. The summed E-state index contributed by atoms with van der Waals surface area (Å²) in [7, 11) is 0. The van der Waals surface area contributed by atoms with Crippen molar-refractivity contribution in [2.45, 2.75) is 89.9 Å². The van der Waals surface area contributed by atoms with Crippen molar-refractivity contribution in [1.82, 2.24) is 4.98 Å². The topological polar surface area (TPSA) is 63.3 Å². The zero-order chi connectivity index (χ0) is 31.8. The number of nitrogens with zero attached hydrogens (tertiary/aromatic N) is 1. The predicted molar refractivity (Wildman–Crippen MR) is 188 cm³/mol. The Morgan fingerprint density at radius 1 is 0.830 bits per heavy atom. The quantitative estimate of drug-likeness (QED) is 0.139. The van der Waals surface area contributed by atoms with E-state index in [1.807, 2.05) is 0 Å². The van der Waals surface area contributed by atoms with E-state index in [-0.39, 0.29) is 31.6 Å². The Morgan fingerprint density at radius 3 is 2.19 bits per heavy atom. The molecule has 2 aliphatic carbocycles. The van der Waals surface area contributed by atoms with Gasteiger partial charge in [-0.25, -0.2) is 0 Å². The molecule has 0 bridgehead atoms. The van der Waals surface area contributed by atoms with Gasteiger partial charge in [0.1, 0.15) is 11.3 Å². The number of benzene rings is 4. The SMILES string of the molecule is CC(=O)c1ccccc1O.CC(C)c1cnc(-c2[c-]c(C3CCCC3)cc3c2oc2ccccc23)c2ccc(C3CCCC3)cc12.[Ir]. The number of carbonyl (C=O) groups is 1. The monoisotopic (exact) mass is 801 g/mol. The number of fused-ring (bicyclic) bond motifs is 4. The van der Waals surface area contributed by atoms with Gasteiger partial charge in [0.05, 0.1) is 11.1 Å². The average Bonchev–Trinajstić information content (AvgIpc) is 3.86. The Bertz CT molecular complexity index is 2050. The van der Waals surface area contributed by atoms with Crippen LogP contribution in [0.5, 0.6) is 5.75 Å². The molecule has 0 aliphatic heterocycles. The molecule has 2 aromatic heterocycles. The molecule has 0 saturated heterocycles. The van der Waals surface area contributed by atoms with Crippen LogP contribution in [0, 0.1) is 6.07 Å². The molecule has 2 fully saturated rings. The van der Waals surface area contributed by atoms with Crippen LogP contribution in [-0.4, -0.2) is 15.9 Å². The molecule has 1 N–H and O–H groups in total. The third-order valence-corrected chi connectivity index (χ3v) is 10.1. The molecule has 8 rings (SSSR count). The Labute approximate surface area is 291 Å². The van der Waals surface area contributed by atoms with Crippen LogP contribution in [0.25, 0.3) is 44.0 Å². The number of para-hydroxylation sites is 2. The summed E-state index contributed by atoms with van der Waals surface area (Å²) in [6.07, 6.45) is 12.6. The number of phenolic OH excluding ortho intramolecular Hbond substituents is 1. The molecule has 0 unspecified atom stereocenters. The number of carbonyl (C=O) groups excluding carboxylic acids is 1. The van der Waals surface area contributed by atoms with Gasteiger partial charge < -0.3 is 14.5 Å². The predicted octanol–water partition coefficient (Wildman–Crippen LogP) is 11.6. The molecule has 1 radical (unpaired) electrons. The number of phenols is 1. The molecule has 0 amide bonds. The minimum absolute atomic E-state index is 0. The third kappa shape index (κ3) is 6.53. The van der Waals surface area contributed by atoms with E-state index >= 15 is 0 Å². The van der Waals surface area contributed by atoms with Gasteiger partial charge in [-0.05, 0) is 96.2 Å². The first-order chi connectivity index (χ1) is 22.4. The zero-order valence-corrected chi connectivity index (χ0v) is 29.8. The minimum Gasteiger partial charge on any atom is -0.507 e. The summed E-state index contributed by atoms with van der Waals surface area (Å²) >= 11 is 0. The fraction of sp³-hybridized carbons (Fsp3) is 0.333. The van der Waals surface area contributed by atoms with Gasteiger partial charge in [0.15, 0.2) is 5.78 Å². The number of pyridine rings is 1. The van der Waals surface area contributed by atoms with Crippen LogP contribution in [-0.2, 0) is 20.1 Å². The summed E-state index contributed by atoms with van der Waals surface area (Å²) in [6.45, 7) is 5.99. The fourth-order valence-electron chi connectivity index (χ4n) is 7.63. The summed E-state index contributed by atoms with van der Waals surface area (Å²) in [5.74, 6) is 1.64. The van der Waals surface area contributed by atoms with E-state index in [4.69, 9.17) is 14.5 Å². The van der Waals surface area contributed by atoms with Crippen LogP contribution >= 0.6 is 0 Å². The van der Waals surface area contributed by atoms with E-state index in [0.717, 1.165) is 22.4 Å². The molecule has 0 atom stereocenters. The van der Waals surface area contributed by atoms with E-state index in [1.54, 1.807) is 18.2 Å². The number of hydrogen-bond acceptors (Lipinski definition) is 4. The van der Waals surface area contributed by atoms with Crippen molar-refractivity contribution in [1.29, 1.82) is 0 Å². The summed E-state index contributed by atoms with van der Waals surface area (Å²) in [5, 5.41) is 14.0. The second-order valence-electron chi connectivity index (χ2n) is 13.5. The molecule has 4 aromatic carbocycles. The molecule has 2 heterocycles. The molecule has 6 aromatic rings. The van der Waals surface area contributed by atoms with E-state index < -0.39 is 0 Å². The number of aromatic hydroxyl groups is 1. The first kappa shape index (κ1) is 33.1. The molecule has 0 spiro atoms. The fourth-order valence-corrected chi connectivity index (χ4v) is 7.63. The molecule has 47 heavy (non-hydrogen) atoms. The number of furan rings is 1. The van der Waals surface area contributed by atoms with Crippen molar-refractivity contribution in [2.75, 3.05) is 0 Å². The maximum atomic E-state index is 10.7. The Morgan fingerprint density at radius 2 is 1.51 bits per heavy atom. The first-order valence-electron chi connectivity index (χ1n) is 17.0. The zero-order valence-electron chi connectivity index (χ0n) is 27.4. The standard InChI is InChI=1S/C34H34NO.C8H8O2.Ir/c1-21(2)31-20-35-33(27-16-15-24(17-28(27)31)22-9-3-4-10-22)30-19-25(23-11-5-6-12-23)18-29-26-13-7-8-14-32(26)36-34(29)30;1-6(9)7-4-2-3-5-8(7)10;/h7-8,13-18,20-23H,3-6,9-12H2,1-2H3;2-5,10H,1H3;/q-1;;. The van der Waals surface area contributed by atoms with Gasteiger partial charge >= 0.3 is 0 Å². The van der Waals surface area contributed by atoms with Gasteiger partial charge in [0.25, 0.3) is 0 Å². The molecule has 2 aliphatic rings. The summed E-state index contributed by atoms with van der Waals surface area (Å²) < 4.78 is 6.52. The second kappa shape index (κ2) is 14.1. The van der Waals surface area contributed by atoms with Gasteiger partial charge in [0, 0.05) is 31.7 Å². The van der Waals surface area contributed by atoms with Crippen molar-refractivity contribution >= 4 is 38.5 Å². The average molecular weight is 801 g/mol. The van der Waals surface area contributed by atoms with Gasteiger partial charge in [-0.1, -0.05) is 99.0 Å². The second-order valence-corrected chi connectivity index (χ2v) is 13.5. The van der Waals surface area contributed by atoms with Crippen molar-refractivity contribution < 1.29 is 34.4 Å². The maximum absolute atomic E-state index is 10.7. The number of ketones is 1. The smallest absolute Gasteiger partial charge is 0.163 e. The number of Topliss-reactive ketones (excluding diaryl/α,β-unsaturated/α-hetero) is 1. The molecular formula is C42H42IrNO3-. The number of hydrogen-bond donors (Lipinski definition) is 1. The van der Waals surface area contributed by atoms with Gasteiger partial charge in [-0.3, -0.25) is 4.79 Å². The molecule has 5 heteroatoms. The van der Waals surface area contributed by atoms with Crippen LogP contribution in [0.15, 0.2) is 83.4 Å². The van der Waals surface area contributed by atoms with Gasteiger partial charge in [0.2, 0.25) is 0 Å². The maximum Gasteiger partial charge on any atom is 0.163 e. The van der Waals surface area contributed by atoms with Crippen LogP contribution in [0.2, 0.25) is 0 Å². The molecular weight excluding hydrogens is 759 g/mol. The third-order valence-electron chi connectivity index (χ3n) is 10.1. The van der Waals surface area contributed by atoms with E-state index in [2.05, 4.69) is 74.6 Å². The Balaban J connectivity index is 0.000000304. The van der Waals surface area contributed by atoms with Crippen molar-refractivity contribution in [3.63, 3.8) is 0 Å². The Kier molecular flexibility index (Phi) is 9.96. The van der Waals surface area contributed by atoms with Crippen molar-refractivity contribution in [2.24, 2.45) is 0 Å². The normalized spacial score (nSPS) is 15.3. The first-order valence-corrected chi connectivity index (χ1v) is 17.0. The van der Waals surface area contributed by atoms with Crippen LogP contribution in [0.1, 0.15) is 117 Å². The van der Waals surface area contributed by atoms with Crippen molar-refractivity contribution in [3.05, 3.63) is 107 Å². The van der Waals surface area contributed by atoms with E-state index in [1.165, 1.54) is 103 Å². The van der Waals surface area contributed by atoms with Gasteiger partial charge in [-0.2, -0.15) is 0 Å². The van der Waals surface area contributed by atoms with Crippen LogP contribution in [0.3, 0.4) is 0 Å². The van der Waals surface area contributed by atoms with Crippen LogP contribution < -0.4 is 0 Å². The van der Waals surface area contributed by atoms with Crippen molar-refractivity contribution in [3.8, 4) is 17.0 Å². The summed E-state index contributed by atoms with van der Waals surface area (Å²) in [6, 6.07) is 28.3. The minimum atomic E-state index is -0.113. The largest absolute Gasteiger partial charge is 0.507 e.